The Morgan fingerprint density at radius 3 is 2.41 bits per heavy atom. The fourth-order valence-corrected chi connectivity index (χ4v) is 4.96. The normalized spacial score (nSPS) is 18.1. The molecule has 0 aromatic heterocycles. The smallest absolute Gasteiger partial charge is 0.260 e. The summed E-state index contributed by atoms with van der Waals surface area (Å²) in [5.41, 5.74) is 1.20. The number of amides is 1. The van der Waals surface area contributed by atoms with E-state index in [1.165, 1.54) is 0 Å². The predicted molar refractivity (Wildman–Crippen MR) is 121 cm³/mol. The van der Waals surface area contributed by atoms with Crippen molar-refractivity contribution in [3.05, 3.63) is 63.6 Å². The van der Waals surface area contributed by atoms with E-state index in [1.807, 2.05) is 6.07 Å². The third kappa shape index (κ3) is 3.67. The molecule has 29 heavy (non-hydrogen) atoms. The van der Waals surface area contributed by atoms with Crippen molar-refractivity contribution in [3.8, 4) is 5.75 Å². The third-order valence-corrected chi connectivity index (χ3v) is 6.45. The topological polar surface area (TPSA) is 41.9 Å². The Morgan fingerprint density at radius 2 is 1.79 bits per heavy atom. The first-order valence-corrected chi connectivity index (χ1v) is 10.7. The van der Waals surface area contributed by atoms with E-state index in [0.29, 0.717) is 37.6 Å². The number of thiocarbonyl (C=S) groups is 1. The SMILES string of the molecule is COc1ccc(C(=O)N2C(=S)C(c3ccc(Cl)cc3Cl)=NC23CCCCC3)cc1. The third-order valence-electron chi connectivity index (χ3n) is 5.52. The summed E-state index contributed by atoms with van der Waals surface area (Å²) < 4.78 is 5.20. The van der Waals surface area contributed by atoms with Gasteiger partial charge >= 0.3 is 0 Å². The summed E-state index contributed by atoms with van der Waals surface area (Å²) >= 11 is 18.3. The van der Waals surface area contributed by atoms with Crippen molar-refractivity contribution in [2.75, 3.05) is 7.11 Å². The highest BCUT2D eigenvalue weighted by Gasteiger charge is 2.49. The molecule has 1 saturated carbocycles. The number of aliphatic imine (C=N–C) groups is 1. The van der Waals surface area contributed by atoms with E-state index in [9.17, 15) is 4.79 Å². The lowest BCUT2D eigenvalue weighted by Crippen LogP contribution is -2.50. The van der Waals surface area contributed by atoms with Gasteiger partial charge in [0.05, 0.1) is 12.1 Å². The molecule has 0 N–H and O–H groups in total. The molecular weight excluding hydrogens is 427 g/mol. The van der Waals surface area contributed by atoms with Gasteiger partial charge in [0.2, 0.25) is 0 Å². The van der Waals surface area contributed by atoms with Crippen molar-refractivity contribution in [3.63, 3.8) is 0 Å². The fourth-order valence-electron chi connectivity index (χ4n) is 4.06. The number of halogens is 2. The monoisotopic (exact) mass is 446 g/mol. The lowest BCUT2D eigenvalue weighted by atomic mass is 9.88. The highest BCUT2D eigenvalue weighted by atomic mass is 35.5. The molecule has 0 atom stereocenters. The van der Waals surface area contributed by atoms with Gasteiger partial charge in [-0.1, -0.05) is 41.8 Å². The first kappa shape index (κ1) is 20.3. The average molecular weight is 447 g/mol. The van der Waals surface area contributed by atoms with Crippen LogP contribution in [-0.4, -0.2) is 34.3 Å². The molecule has 1 aliphatic carbocycles. The number of nitrogens with zero attached hydrogens (tertiary/aromatic N) is 2. The maximum absolute atomic E-state index is 13.5. The van der Waals surface area contributed by atoms with Crippen molar-refractivity contribution < 1.29 is 9.53 Å². The second-order valence-corrected chi connectivity index (χ2v) is 8.53. The average Bonchev–Trinajstić information content (AvgIpc) is 2.99. The summed E-state index contributed by atoms with van der Waals surface area (Å²) in [4.78, 5) is 20.6. The molecule has 4 rings (SSSR count). The zero-order chi connectivity index (χ0) is 20.6. The molecule has 4 nitrogen and oxygen atoms in total. The summed E-state index contributed by atoms with van der Waals surface area (Å²) in [5.74, 6) is 0.547. The quantitative estimate of drug-likeness (QED) is 0.548. The molecule has 0 bridgehead atoms. The van der Waals surface area contributed by atoms with Crippen LogP contribution in [0, 0.1) is 0 Å². The zero-order valence-electron chi connectivity index (χ0n) is 16.0. The van der Waals surface area contributed by atoms with Crippen LogP contribution in [0.25, 0.3) is 0 Å². The lowest BCUT2D eigenvalue weighted by molar-refractivity contribution is 0.0648. The van der Waals surface area contributed by atoms with E-state index in [0.717, 1.165) is 32.1 Å². The lowest BCUT2D eigenvalue weighted by Gasteiger charge is -2.38. The molecule has 1 fully saturated rings. The fraction of sp³-hybridized carbons (Fsp3) is 0.318. The Bertz CT molecular complexity index is 998. The Kier molecular flexibility index (Phi) is 5.65. The van der Waals surface area contributed by atoms with Gasteiger partial charge in [0.25, 0.3) is 5.91 Å². The molecule has 150 valence electrons. The largest absolute Gasteiger partial charge is 0.497 e. The van der Waals surface area contributed by atoms with Crippen molar-refractivity contribution in [2.24, 2.45) is 4.99 Å². The second-order valence-electron chi connectivity index (χ2n) is 7.30. The number of hydrogen-bond acceptors (Lipinski definition) is 4. The van der Waals surface area contributed by atoms with Gasteiger partial charge in [-0.3, -0.25) is 14.7 Å². The van der Waals surface area contributed by atoms with Gasteiger partial charge in [0.1, 0.15) is 22.1 Å². The number of carbonyl (C=O) groups excluding carboxylic acids is 1. The summed E-state index contributed by atoms with van der Waals surface area (Å²) in [5, 5.41) is 1.02. The van der Waals surface area contributed by atoms with Crippen LogP contribution in [0.15, 0.2) is 47.5 Å². The van der Waals surface area contributed by atoms with Crippen LogP contribution in [0.1, 0.15) is 48.0 Å². The van der Waals surface area contributed by atoms with Crippen LogP contribution in [0.5, 0.6) is 5.75 Å². The van der Waals surface area contributed by atoms with Gasteiger partial charge < -0.3 is 4.74 Å². The van der Waals surface area contributed by atoms with Crippen LogP contribution in [0.2, 0.25) is 10.0 Å². The maximum atomic E-state index is 13.5. The summed E-state index contributed by atoms with van der Waals surface area (Å²) in [6.45, 7) is 0. The summed E-state index contributed by atoms with van der Waals surface area (Å²) in [6.07, 6.45) is 4.69. The Labute approximate surface area is 185 Å². The predicted octanol–water partition coefficient (Wildman–Crippen LogP) is 5.93. The molecule has 2 aliphatic rings. The van der Waals surface area contributed by atoms with Crippen LogP contribution < -0.4 is 4.74 Å². The molecule has 1 amide bonds. The van der Waals surface area contributed by atoms with Crippen molar-refractivity contribution >= 4 is 52.0 Å². The van der Waals surface area contributed by atoms with E-state index in [1.54, 1.807) is 48.4 Å². The van der Waals surface area contributed by atoms with Gasteiger partial charge in [-0.15, -0.1) is 0 Å². The van der Waals surface area contributed by atoms with Crippen LogP contribution in [0.3, 0.4) is 0 Å². The van der Waals surface area contributed by atoms with Gasteiger partial charge in [0, 0.05) is 16.1 Å². The van der Waals surface area contributed by atoms with Crippen molar-refractivity contribution in [2.45, 2.75) is 37.8 Å². The standard InChI is InChI=1S/C22H20Cl2N2O2S/c1-28-16-8-5-14(6-9-16)20(27)26-21(29)19(17-10-7-15(23)13-18(17)24)25-22(26)11-3-2-4-12-22/h5-10,13H,2-4,11-12H2,1H3. The summed E-state index contributed by atoms with van der Waals surface area (Å²) in [7, 11) is 1.60. The minimum atomic E-state index is -0.648. The Balaban J connectivity index is 1.76. The molecule has 2 aromatic rings. The van der Waals surface area contributed by atoms with Gasteiger partial charge in [-0.25, -0.2) is 0 Å². The molecule has 0 unspecified atom stereocenters. The zero-order valence-corrected chi connectivity index (χ0v) is 18.3. The van der Waals surface area contributed by atoms with E-state index in [4.69, 9.17) is 45.1 Å². The van der Waals surface area contributed by atoms with E-state index >= 15 is 0 Å². The minimum Gasteiger partial charge on any atom is -0.497 e. The first-order valence-electron chi connectivity index (χ1n) is 9.53. The molecule has 1 spiro atoms. The van der Waals surface area contributed by atoms with Gasteiger partial charge in [0.15, 0.2) is 0 Å². The Hall–Kier alpha value is -1.95. The van der Waals surface area contributed by atoms with E-state index < -0.39 is 5.66 Å². The minimum absolute atomic E-state index is 0.150. The number of carbonyl (C=O) groups is 1. The van der Waals surface area contributed by atoms with E-state index in [2.05, 4.69) is 0 Å². The number of benzene rings is 2. The van der Waals surface area contributed by atoms with Gasteiger partial charge in [-0.2, -0.15) is 0 Å². The van der Waals surface area contributed by atoms with Crippen LogP contribution >= 0.6 is 35.4 Å². The van der Waals surface area contributed by atoms with Crippen molar-refractivity contribution in [1.29, 1.82) is 0 Å². The number of hydrogen-bond donors (Lipinski definition) is 0. The highest BCUT2D eigenvalue weighted by Crippen LogP contribution is 2.42. The first-order chi connectivity index (χ1) is 13.9. The number of rotatable bonds is 3. The molecule has 0 saturated heterocycles. The second kappa shape index (κ2) is 8.05. The van der Waals surface area contributed by atoms with E-state index in [-0.39, 0.29) is 5.91 Å². The highest BCUT2D eigenvalue weighted by molar-refractivity contribution is 7.82. The van der Waals surface area contributed by atoms with Gasteiger partial charge in [-0.05, 0) is 68.1 Å². The molecule has 0 radical (unpaired) electrons. The number of methoxy groups -OCH3 is 1. The maximum Gasteiger partial charge on any atom is 0.260 e. The molecule has 1 heterocycles. The van der Waals surface area contributed by atoms with Crippen molar-refractivity contribution in [1.82, 2.24) is 4.90 Å². The molecule has 7 heteroatoms. The molecule has 1 aliphatic heterocycles. The van der Waals surface area contributed by atoms with Crippen LogP contribution in [0.4, 0.5) is 0 Å². The van der Waals surface area contributed by atoms with Crippen LogP contribution in [-0.2, 0) is 0 Å². The molecule has 2 aromatic carbocycles. The molecular formula is C22H20Cl2N2O2S. The summed E-state index contributed by atoms with van der Waals surface area (Å²) in [6, 6.07) is 12.3. The number of ether oxygens (including phenoxy) is 1. The Morgan fingerprint density at radius 1 is 1.10 bits per heavy atom.